The molecule has 0 spiro atoms. The SMILES string of the molecule is Cc1n[nH]c(C)c1CNC[C@@H]1CCCO[C@H]1c1ccccc1. The maximum atomic E-state index is 6.05. The number of aromatic nitrogens is 2. The number of aryl methyl sites for hydroxylation is 2. The van der Waals surface area contributed by atoms with E-state index in [1.165, 1.54) is 17.5 Å². The zero-order valence-corrected chi connectivity index (χ0v) is 13.4. The van der Waals surface area contributed by atoms with Crippen LogP contribution in [-0.4, -0.2) is 23.3 Å². The van der Waals surface area contributed by atoms with Gasteiger partial charge >= 0.3 is 0 Å². The van der Waals surface area contributed by atoms with E-state index in [0.29, 0.717) is 5.92 Å². The highest BCUT2D eigenvalue weighted by Crippen LogP contribution is 2.33. The molecule has 1 aromatic heterocycles. The fourth-order valence-electron chi connectivity index (χ4n) is 3.28. The summed E-state index contributed by atoms with van der Waals surface area (Å²) in [4.78, 5) is 0. The Morgan fingerprint density at radius 1 is 1.27 bits per heavy atom. The minimum Gasteiger partial charge on any atom is -0.373 e. The number of H-pyrrole nitrogens is 1. The third-order valence-electron chi connectivity index (χ3n) is 4.56. The summed E-state index contributed by atoms with van der Waals surface area (Å²) in [5.74, 6) is 0.531. The lowest BCUT2D eigenvalue weighted by molar-refractivity contribution is -0.0278. The first-order chi connectivity index (χ1) is 10.8. The van der Waals surface area contributed by atoms with Gasteiger partial charge in [0.2, 0.25) is 0 Å². The Balaban J connectivity index is 1.60. The average Bonchev–Trinajstić information content (AvgIpc) is 2.88. The molecule has 2 aromatic rings. The Labute approximate surface area is 132 Å². The molecule has 1 aromatic carbocycles. The zero-order valence-electron chi connectivity index (χ0n) is 13.4. The molecular weight excluding hydrogens is 274 g/mol. The van der Waals surface area contributed by atoms with Crippen LogP contribution in [0.5, 0.6) is 0 Å². The molecule has 3 rings (SSSR count). The summed E-state index contributed by atoms with van der Waals surface area (Å²) in [5.41, 5.74) is 4.83. The van der Waals surface area contributed by atoms with Crippen molar-refractivity contribution in [1.82, 2.24) is 15.5 Å². The van der Waals surface area contributed by atoms with Gasteiger partial charge < -0.3 is 10.1 Å². The average molecular weight is 299 g/mol. The van der Waals surface area contributed by atoms with Crippen LogP contribution in [0.3, 0.4) is 0 Å². The van der Waals surface area contributed by atoms with Gasteiger partial charge in [0.05, 0.1) is 11.8 Å². The van der Waals surface area contributed by atoms with Gasteiger partial charge in [-0.15, -0.1) is 0 Å². The third-order valence-corrected chi connectivity index (χ3v) is 4.56. The number of benzene rings is 1. The second-order valence-corrected chi connectivity index (χ2v) is 6.15. The first kappa shape index (κ1) is 15.3. The maximum absolute atomic E-state index is 6.05. The van der Waals surface area contributed by atoms with Gasteiger partial charge in [-0.2, -0.15) is 5.10 Å². The molecule has 4 nitrogen and oxygen atoms in total. The molecule has 0 saturated carbocycles. The Hall–Kier alpha value is -1.65. The van der Waals surface area contributed by atoms with E-state index in [1.807, 2.05) is 0 Å². The molecule has 22 heavy (non-hydrogen) atoms. The van der Waals surface area contributed by atoms with Crippen LogP contribution in [0.4, 0.5) is 0 Å². The summed E-state index contributed by atoms with van der Waals surface area (Å²) in [5, 5.41) is 10.9. The van der Waals surface area contributed by atoms with Crippen LogP contribution in [0.15, 0.2) is 30.3 Å². The van der Waals surface area contributed by atoms with Crippen molar-refractivity contribution >= 4 is 0 Å². The molecular formula is C18H25N3O. The largest absolute Gasteiger partial charge is 0.373 e. The number of nitrogens with zero attached hydrogens (tertiary/aromatic N) is 1. The Morgan fingerprint density at radius 2 is 2.09 bits per heavy atom. The fraction of sp³-hybridized carbons (Fsp3) is 0.500. The number of aromatic amines is 1. The molecule has 1 saturated heterocycles. The number of hydrogen-bond acceptors (Lipinski definition) is 3. The Bertz CT molecular complexity index is 574. The highest BCUT2D eigenvalue weighted by Gasteiger charge is 2.27. The van der Waals surface area contributed by atoms with Crippen LogP contribution >= 0.6 is 0 Å². The van der Waals surface area contributed by atoms with E-state index in [4.69, 9.17) is 4.74 Å². The highest BCUT2D eigenvalue weighted by atomic mass is 16.5. The summed E-state index contributed by atoms with van der Waals surface area (Å²) < 4.78 is 6.05. The molecule has 1 fully saturated rings. The molecule has 1 aliphatic rings. The van der Waals surface area contributed by atoms with E-state index in [1.54, 1.807) is 0 Å². The molecule has 1 aliphatic heterocycles. The molecule has 0 unspecified atom stereocenters. The van der Waals surface area contributed by atoms with Gasteiger partial charge in [0.25, 0.3) is 0 Å². The molecule has 0 aliphatic carbocycles. The minimum atomic E-state index is 0.217. The fourth-order valence-corrected chi connectivity index (χ4v) is 3.28. The lowest BCUT2D eigenvalue weighted by Gasteiger charge is -2.32. The van der Waals surface area contributed by atoms with Gasteiger partial charge in [-0.05, 0) is 32.3 Å². The van der Waals surface area contributed by atoms with Gasteiger partial charge in [-0.25, -0.2) is 0 Å². The van der Waals surface area contributed by atoms with Crippen molar-refractivity contribution in [2.24, 2.45) is 5.92 Å². The quantitative estimate of drug-likeness (QED) is 0.891. The summed E-state index contributed by atoms with van der Waals surface area (Å²) in [6, 6.07) is 10.6. The van der Waals surface area contributed by atoms with Crippen molar-refractivity contribution in [2.45, 2.75) is 39.3 Å². The number of nitrogens with one attached hydrogen (secondary N) is 2. The predicted molar refractivity (Wildman–Crippen MR) is 87.6 cm³/mol. The molecule has 4 heteroatoms. The molecule has 0 bridgehead atoms. The highest BCUT2D eigenvalue weighted by molar-refractivity contribution is 5.23. The minimum absolute atomic E-state index is 0.217. The first-order valence-electron chi connectivity index (χ1n) is 8.13. The monoisotopic (exact) mass is 299 g/mol. The number of ether oxygens (including phenoxy) is 1. The van der Waals surface area contributed by atoms with Crippen LogP contribution < -0.4 is 5.32 Å². The van der Waals surface area contributed by atoms with E-state index in [2.05, 4.69) is 59.7 Å². The Morgan fingerprint density at radius 3 is 2.82 bits per heavy atom. The van der Waals surface area contributed by atoms with E-state index in [0.717, 1.165) is 37.5 Å². The predicted octanol–water partition coefficient (Wildman–Crippen LogP) is 3.28. The van der Waals surface area contributed by atoms with Crippen LogP contribution in [0, 0.1) is 19.8 Å². The Kier molecular flexibility index (Phi) is 4.90. The molecule has 0 amide bonds. The lowest BCUT2D eigenvalue weighted by atomic mass is 9.89. The second kappa shape index (κ2) is 7.07. The molecule has 2 N–H and O–H groups in total. The van der Waals surface area contributed by atoms with Crippen molar-refractivity contribution in [3.05, 3.63) is 52.8 Å². The van der Waals surface area contributed by atoms with Crippen molar-refractivity contribution in [2.75, 3.05) is 13.2 Å². The summed E-state index contributed by atoms with van der Waals surface area (Å²) >= 11 is 0. The van der Waals surface area contributed by atoms with Crippen molar-refractivity contribution in [1.29, 1.82) is 0 Å². The zero-order chi connectivity index (χ0) is 15.4. The van der Waals surface area contributed by atoms with Crippen LogP contribution in [0.25, 0.3) is 0 Å². The summed E-state index contributed by atoms with van der Waals surface area (Å²) in [7, 11) is 0. The van der Waals surface area contributed by atoms with Gasteiger partial charge in [0.1, 0.15) is 0 Å². The molecule has 0 radical (unpaired) electrons. The third kappa shape index (κ3) is 3.39. The van der Waals surface area contributed by atoms with Gasteiger partial charge in [0, 0.05) is 36.9 Å². The maximum Gasteiger partial charge on any atom is 0.0865 e. The van der Waals surface area contributed by atoms with Gasteiger partial charge in [-0.1, -0.05) is 30.3 Å². The number of rotatable bonds is 5. The van der Waals surface area contributed by atoms with Crippen molar-refractivity contribution < 1.29 is 4.74 Å². The number of hydrogen-bond donors (Lipinski definition) is 2. The first-order valence-corrected chi connectivity index (χ1v) is 8.13. The summed E-state index contributed by atoms with van der Waals surface area (Å²) in [6.07, 6.45) is 2.59. The van der Waals surface area contributed by atoms with Crippen LogP contribution in [0.1, 0.15) is 41.5 Å². The molecule has 2 heterocycles. The van der Waals surface area contributed by atoms with Crippen molar-refractivity contribution in [3.63, 3.8) is 0 Å². The van der Waals surface area contributed by atoms with E-state index in [9.17, 15) is 0 Å². The van der Waals surface area contributed by atoms with Crippen molar-refractivity contribution in [3.8, 4) is 0 Å². The second-order valence-electron chi connectivity index (χ2n) is 6.15. The van der Waals surface area contributed by atoms with E-state index in [-0.39, 0.29) is 6.10 Å². The lowest BCUT2D eigenvalue weighted by Crippen LogP contribution is -2.31. The van der Waals surface area contributed by atoms with Gasteiger partial charge in [0.15, 0.2) is 0 Å². The van der Waals surface area contributed by atoms with E-state index < -0.39 is 0 Å². The molecule has 2 atom stereocenters. The summed E-state index contributed by atoms with van der Waals surface area (Å²) in [6.45, 7) is 6.84. The standard InChI is InChI=1S/C18H25N3O/c1-13-17(14(2)21-20-13)12-19-11-16-9-6-10-22-18(16)15-7-4-3-5-8-15/h3-5,7-8,16,18-19H,6,9-12H2,1-2H3,(H,20,21)/t16-,18-/m0/s1. The normalized spacial score (nSPS) is 21.9. The van der Waals surface area contributed by atoms with Crippen LogP contribution in [-0.2, 0) is 11.3 Å². The van der Waals surface area contributed by atoms with Gasteiger partial charge in [-0.3, -0.25) is 5.10 Å². The van der Waals surface area contributed by atoms with Crippen LogP contribution in [0.2, 0.25) is 0 Å². The smallest absolute Gasteiger partial charge is 0.0865 e. The topological polar surface area (TPSA) is 49.9 Å². The van der Waals surface area contributed by atoms with E-state index >= 15 is 0 Å². The molecule has 118 valence electrons.